The largest absolute Gasteiger partial charge is 0.469 e. The van der Waals surface area contributed by atoms with Gasteiger partial charge in [-0.15, -0.1) is 0 Å². The summed E-state index contributed by atoms with van der Waals surface area (Å²) in [5, 5.41) is 5.37. The van der Waals surface area contributed by atoms with E-state index in [1.54, 1.807) is 22.0 Å². The van der Waals surface area contributed by atoms with E-state index in [0.29, 0.717) is 19.9 Å². The Bertz CT molecular complexity index is 906. The normalized spacial score (nSPS) is 10.9. The number of nitrogens with zero attached hydrogens (tertiary/aromatic N) is 4. The second-order valence-corrected chi connectivity index (χ2v) is 6.55. The molecule has 0 N–H and O–H groups in total. The number of methoxy groups -OCH3 is 2. The van der Waals surface area contributed by atoms with Gasteiger partial charge in [-0.2, -0.15) is 13.9 Å². The summed E-state index contributed by atoms with van der Waals surface area (Å²) in [6, 6.07) is 3.96. The lowest BCUT2D eigenvalue weighted by Crippen LogP contribution is -2.33. The van der Waals surface area contributed by atoms with Crippen LogP contribution in [0.1, 0.15) is 13.3 Å². The van der Waals surface area contributed by atoms with Gasteiger partial charge in [0, 0.05) is 30.8 Å². The van der Waals surface area contributed by atoms with E-state index < -0.39 is 11.9 Å². The van der Waals surface area contributed by atoms with Gasteiger partial charge in [-0.05, 0) is 0 Å². The number of esters is 2. The molecule has 3 aromatic heterocycles. The van der Waals surface area contributed by atoms with Crippen molar-refractivity contribution >= 4 is 28.2 Å². The number of aryl methyl sites for hydroxylation is 1. The van der Waals surface area contributed by atoms with Gasteiger partial charge in [0.15, 0.2) is 18.9 Å². The van der Waals surface area contributed by atoms with Crippen LogP contribution in [0, 0.1) is 0 Å². The van der Waals surface area contributed by atoms with Crippen LogP contribution in [0.3, 0.4) is 0 Å². The molecule has 0 spiro atoms. The van der Waals surface area contributed by atoms with Crippen molar-refractivity contribution in [2.75, 3.05) is 14.2 Å². The third-order valence-electron chi connectivity index (χ3n) is 3.46. The van der Waals surface area contributed by atoms with Crippen LogP contribution in [-0.2, 0) is 25.6 Å². The molecule has 0 bridgehead atoms. The number of fused-ring (bicyclic) bond motifs is 1. The molecule has 28 heavy (non-hydrogen) atoms. The third kappa shape index (κ3) is 5.78. The molecule has 0 atom stereocenters. The lowest BCUT2D eigenvalue weighted by atomic mass is 10.3. The Kier molecular flexibility index (Phi) is 7.10. The highest BCUT2D eigenvalue weighted by Crippen LogP contribution is 2.23. The van der Waals surface area contributed by atoms with Gasteiger partial charge in [-0.25, -0.2) is 18.9 Å². The van der Waals surface area contributed by atoms with Crippen LogP contribution in [0.25, 0.3) is 15.5 Å². The molecule has 3 aromatic rings. The summed E-state index contributed by atoms with van der Waals surface area (Å²) >= 11 is 1.54. The molecule has 0 saturated heterocycles. The van der Waals surface area contributed by atoms with Crippen LogP contribution < -0.4 is 4.57 Å². The predicted molar refractivity (Wildman–Crippen MR) is 95.8 cm³/mol. The minimum Gasteiger partial charge on any atom is -0.469 e. The zero-order valence-electron chi connectivity index (χ0n) is 15.5. The highest BCUT2D eigenvalue weighted by atomic mass is 32.1. The van der Waals surface area contributed by atoms with E-state index >= 15 is 0 Å². The number of alkyl halides is 2. The van der Waals surface area contributed by atoms with Gasteiger partial charge in [0.25, 0.3) is 0 Å². The number of ether oxygens (including phenoxy) is 2. The third-order valence-corrected chi connectivity index (χ3v) is 4.44. The van der Waals surface area contributed by atoms with Crippen molar-refractivity contribution in [2.24, 2.45) is 0 Å². The maximum absolute atomic E-state index is 11.6. The van der Waals surface area contributed by atoms with Crippen LogP contribution in [0.4, 0.5) is 8.78 Å². The van der Waals surface area contributed by atoms with Crippen LogP contribution in [-0.4, -0.2) is 46.7 Å². The Labute approximate surface area is 163 Å². The first-order chi connectivity index (χ1) is 13.2. The maximum Gasteiger partial charge on any atom is 0.376 e. The molecule has 3 heterocycles. The van der Waals surface area contributed by atoms with Crippen LogP contribution in [0.5, 0.6) is 0 Å². The van der Waals surface area contributed by atoms with E-state index in [1.807, 2.05) is 35.3 Å². The molecule has 0 unspecified atom stereocenters. The Morgan fingerprint density at radius 3 is 2.43 bits per heavy atom. The highest BCUT2D eigenvalue weighted by molar-refractivity contribution is 7.19. The molecular formula is C17H19F2N4O4S+. The highest BCUT2D eigenvalue weighted by Gasteiger charge is 2.33. The molecule has 0 aromatic carbocycles. The summed E-state index contributed by atoms with van der Waals surface area (Å²) in [7, 11) is 2.31. The van der Waals surface area contributed by atoms with Crippen LogP contribution >= 0.6 is 11.3 Å². The first kappa shape index (κ1) is 21.4. The zero-order chi connectivity index (χ0) is 20.7. The smallest absolute Gasteiger partial charge is 0.376 e. The van der Waals surface area contributed by atoms with Gasteiger partial charge < -0.3 is 9.47 Å². The number of halogens is 2. The van der Waals surface area contributed by atoms with Crippen LogP contribution in [0.15, 0.2) is 36.9 Å². The Hall–Kier alpha value is -2.95. The minimum absolute atomic E-state index is 0.206. The molecule has 0 aliphatic carbocycles. The minimum atomic E-state index is -3.35. The van der Waals surface area contributed by atoms with Crippen molar-refractivity contribution in [2.45, 2.75) is 25.8 Å². The first-order valence-electron chi connectivity index (χ1n) is 8.07. The monoisotopic (exact) mass is 413 g/mol. The summed E-state index contributed by atoms with van der Waals surface area (Å²) in [5.41, 5.74) is 1.04. The molecule has 0 fully saturated rings. The standard InChI is InChI=1S/C13H13N4O2S.C4H6F2O2/c1-19-11(18)4-8-16-6-2-10(3-7-16)12-15-17-9-5-14-13(17)20-12;1-4(5,6)3(7)8-2/h2-3,5-7,9H,4,8H2,1H3;1-2H3/q+1;. The molecule has 3 rings (SSSR count). The van der Waals surface area contributed by atoms with Crippen molar-refractivity contribution in [1.29, 1.82) is 0 Å². The molecule has 11 heteroatoms. The van der Waals surface area contributed by atoms with E-state index in [1.165, 1.54) is 7.11 Å². The van der Waals surface area contributed by atoms with E-state index in [0.717, 1.165) is 22.6 Å². The van der Waals surface area contributed by atoms with Crippen molar-refractivity contribution < 1.29 is 32.4 Å². The van der Waals surface area contributed by atoms with Gasteiger partial charge in [0.1, 0.15) is 11.4 Å². The number of aromatic nitrogens is 4. The molecule has 8 nitrogen and oxygen atoms in total. The molecule has 0 radical (unpaired) electrons. The summed E-state index contributed by atoms with van der Waals surface area (Å²) in [6.45, 7) is 1.09. The Morgan fingerprint density at radius 2 is 1.93 bits per heavy atom. The number of hydrogen-bond acceptors (Lipinski definition) is 7. The van der Waals surface area contributed by atoms with E-state index in [9.17, 15) is 18.4 Å². The molecule has 0 amide bonds. The fourth-order valence-corrected chi connectivity index (χ4v) is 2.87. The number of hydrogen-bond donors (Lipinski definition) is 0. The number of rotatable bonds is 5. The lowest BCUT2D eigenvalue weighted by molar-refractivity contribution is -0.695. The Balaban J connectivity index is 0.000000300. The zero-order valence-corrected chi connectivity index (χ0v) is 16.3. The second-order valence-electron chi connectivity index (χ2n) is 5.59. The summed E-state index contributed by atoms with van der Waals surface area (Å²) in [6.07, 6.45) is 7.79. The Morgan fingerprint density at radius 1 is 1.25 bits per heavy atom. The molecular weight excluding hydrogens is 394 g/mol. The van der Waals surface area contributed by atoms with Gasteiger partial charge in [-0.3, -0.25) is 4.79 Å². The summed E-state index contributed by atoms with van der Waals surface area (Å²) in [4.78, 5) is 26.0. The number of imidazole rings is 1. The number of pyridine rings is 1. The average molecular weight is 413 g/mol. The quantitative estimate of drug-likeness (QED) is 0.470. The molecule has 150 valence electrons. The summed E-state index contributed by atoms with van der Waals surface area (Å²) in [5.74, 6) is -5.06. The lowest BCUT2D eigenvalue weighted by Gasteiger charge is -2.04. The van der Waals surface area contributed by atoms with Crippen molar-refractivity contribution in [3.05, 3.63) is 36.9 Å². The number of carbonyl (C=O) groups is 2. The molecule has 0 aliphatic heterocycles. The van der Waals surface area contributed by atoms with Crippen LogP contribution in [0.2, 0.25) is 0 Å². The average Bonchev–Trinajstić information content (AvgIpc) is 3.27. The van der Waals surface area contributed by atoms with Crippen molar-refractivity contribution in [3.63, 3.8) is 0 Å². The predicted octanol–water partition coefficient (Wildman–Crippen LogP) is 2.12. The summed E-state index contributed by atoms with van der Waals surface area (Å²) < 4.78 is 35.3. The van der Waals surface area contributed by atoms with E-state index in [4.69, 9.17) is 0 Å². The van der Waals surface area contributed by atoms with Crippen molar-refractivity contribution in [1.82, 2.24) is 14.6 Å². The first-order valence-corrected chi connectivity index (χ1v) is 8.89. The van der Waals surface area contributed by atoms with E-state index in [2.05, 4.69) is 19.6 Å². The van der Waals surface area contributed by atoms with Crippen molar-refractivity contribution in [3.8, 4) is 10.6 Å². The second kappa shape index (κ2) is 9.31. The molecule has 0 saturated carbocycles. The maximum atomic E-state index is 11.6. The fourth-order valence-electron chi connectivity index (χ4n) is 2.00. The van der Waals surface area contributed by atoms with Gasteiger partial charge >= 0.3 is 17.9 Å². The topological polar surface area (TPSA) is 86.7 Å². The molecule has 0 aliphatic rings. The van der Waals surface area contributed by atoms with Gasteiger partial charge in [0.2, 0.25) is 4.96 Å². The SMILES string of the molecule is COC(=O)C(C)(F)F.COC(=O)CC[n+]1ccc(-c2nn3ccnc3s2)cc1. The fraction of sp³-hybridized carbons (Fsp3) is 0.353. The van der Waals surface area contributed by atoms with E-state index in [-0.39, 0.29) is 5.97 Å². The van der Waals surface area contributed by atoms with Gasteiger partial charge in [0.05, 0.1) is 20.4 Å². The number of carbonyl (C=O) groups excluding carboxylic acids is 2. The van der Waals surface area contributed by atoms with Gasteiger partial charge in [-0.1, -0.05) is 11.3 Å².